The van der Waals surface area contributed by atoms with Gasteiger partial charge in [-0.25, -0.2) is 9.37 Å². The van der Waals surface area contributed by atoms with E-state index in [1.165, 1.54) is 18.2 Å². The number of hydrogen-bond acceptors (Lipinski definition) is 3. The van der Waals surface area contributed by atoms with Crippen molar-refractivity contribution in [2.75, 3.05) is 0 Å². The molecule has 0 aliphatic heterocycles. The highest BCUT2D eigenvalue weighted by molar-refractivity contribution is 6.60. The van der Waals surface area contributed by atoms with Crippen molar-refractivity contribution in [2.24, 2.45) is 0 Å². The lowest BCUT2D eigenvalue weighted by Gasteiger charge is -2.07. The number of halogens is 1. The van der Waals surface area contributed by atoms with Crippen LogP contribution in [0, 0.1) is 5.82 Å². The zero-order chi connectivity index (χ0) is 13.4. The van der Waals surface area contributed by atoms with Crippen LogP contribution in [-0.4, -0.2) is 27.1 Å². The fourth-order valence-corrected chi connectivity index (χ4v) is 2.08. The van der Waals surface area contributed by atoms with Gasteiger partial charge in [0.2, 0.25) is 0 Å². The van der Waals surface area contributed by atoms with Gasteiger partial charge in [0, 0.05) is 0 Å². The molecule has 3 rings (SSSR count). The summed E-state index contributed by atoms with van der Waals surface area (Å²) in [6.07, 6.45) is 0. The Balaban J connectivity index is 2.26. The van der Waals surface area contributed by atoms with Gasteiger partial charge in [-0.3, -0.25) is 0 Å². The lowest BCUT2D eigenvalue weighted by molar-refractivity contribution is 0.425. The quantitative estimate of drug-likeness (QED) is 0.600. The van der Waals surface area contributed by atoms with E-state index in [4.69, 9.17) is 0 Å². The molecule has 19 heavy (non-hydrogen) atoms. The number of para-hydroxylation sites is 2. The number of hydrogen-bond donors (Lipinski definition) is 3. The maximum absolute atomic E-state index is 13.9. The summed E-state index contributed by atoms with van der Waals surface area (Å²) < 4.78 is 13.9. The number of benzene rings is 2. The average Bonchev–Trinajstić information content (AvgIpc) is 2.81. The van der Waals surface area contributed by atoms with E-state index < -0.39 is 12.9 Å². The Morgan fingerprint density at radius 2 is 1.84 bits per heavy atom. The fourth-order valence-electron chi connectivity index (χ4n) is 2.08. The van der Waals surface area contributed by atoms with Crippen molar-refractivity contribution in [1.29, 1.82) is 0 Å². The normalized spacial score (nSPS) is 10.9. The number of imidazole rings is 1. The molecule has 0 unspecified atom stereocenters. The van der Waals surface area contributed by atoms with E-state index in [0.29, 0.717) is 5.52 Å². The van der Waals surface area contributed by atoms with Crippen LogP contribution in [0.25, 0.3) is 22.4 Å². The van der Waals surface area contributed by atoms with Crippen molar-refractivity contribution < 1.29 is 14.4 Å². The van der Waals surface area contributed by atoms with Gasteiger partial charge in [-0.2, -0.15) is 0 Å². The van der Waals surface area contributed by atoms with E-state index >= 15 is 0 Å². The predicted molar refractivity (Wildman–Crippen MR) is 71.3 cm³/mol. The van der Waals surface area contributed by atoms with Crippen molar-refractivity contribution in [2.45, 2.75) is 0 Å². The largest absolute Gasteiger partial charge is 0.489 e. The molecule has 0 radical (unpaired) electrons. The molecule has 0 saturated carbocycles. The number of aromatic amines is 1. The minimum atomic E-state index is -1.75. The monoisotopic (exact) mass is 256 g/mol. The number of nitrogens with zero attached hydrogens (tertiary/aromatic N) is 1. The number of nitrogens with one attached hydrogen (secondary N) is 1. The highest BCUT2D eigenvalue weighted by Gasteiger charge is 2.22. The van der Waals surface area contributed by atoms with Crippen LogP contribution >= 0.6 is 0 Å². The van der Waals surface area contributed by atoms with Crippen LogP contribution in [0.15, 0.2) is 42.5 Å². The first-order chi connectivity index (χ1) is 9.16. The van der Waals surface area contributed by atoms with Crippen LogP contribution in [0.5, 0.6) is 0 Å². The smallest absolute Gasteiger partial charge is 0.423 e. The van der Waals surface area contributed by atoms with Crippen molar-refractivity contribution in [1.82, 2.24) is 9.97 Å². The SMILES string of the molecule is OB(O)c1cccc(F)c1-c1nc2ccccc2[nH]1. The Labute approximate surface area is 108 Å². The molecule has 0 aliphatic carbocycles. The van der Waals surface area contributed by atoms with Gasteiger partial charge in [0.1, 0.15) is 11.6 Å². The Hall–Kier alpha value is -2.18. The van der Waals surface area contributed by atoms with Crippen molar-refractivity contribution >= 4 is 23.6 Å². The van der Waals surface area contributed by atoms with Gasteiger partial charge >= 0.3 is 7.12 Å². The summed E-state index contributed by atoms with van der Waals surface area (Å²) in [6.45, 7) is 0. The first kappa shape index (κ1) is 11.9. The number of H-pyrrole nitrogens is 1. The maximum atomic E-state index is 13.9. The summed E-state index contributed by atoms with van der Waals surface area (Å²) in [5, 5.41) is 18.6. The van der Waals surface area contributed by atoms with Crippen LogP contribution in [0.1, 0.15) is 0 Å². The van der Waals surface area contributed by atoms with Gasteiger partial charge < -0.3 is 15.0 Å². The molecule has 6 heteroatoms. The molecule has 0 aliphatic rings. The lowest BCUT2D eigenvalue weighted by atomic mass is 9.76. The van der Waals surface area contributed by atoms with E-state index in [0.717, 1.165) is 5.52 Å². The van der Waals surface area contributed by atoms with Crippen LogP contribution < -0.4 is 5.46 Å². The second-order valence-corrected chi connectivity index (χ2v) is 4.18. The third-order valence-electron chi connectivity index (χ3n) is 2.95. The summed E-state index contributed by atoms with van der Waals surface area (Å²) in [5.41, 5.74) is 1.62. The summed E-state index contributed by atoms with van der Waals surface area (Å²) in [6, 6.07) is 11.4. The molecule has 3 N–H and O–H groups in total. The minimum Gasteiger partial charge on any atom is -0.423 e. The molecule has 1 aromatic heterocycles. The first-order valence-electron chi connectivity index (χ1n) is 5.76. The zero-order valence-electron chi connectivity index (χ0n) is 9.84. The van der Waals surface area contributed by atoms with E-state index in [1.54, 1.807) is 6.07 Å². The summed E-state index contributed by atoms with van der Waals surface area (Å²) in [5.74, 6) is -0.271. The standard InChI is InChI=1S/C13H10BFN2O2/c15-9-5-3-4-8(14(18)19)12(9)13-16-10-6-1-2-7-11(10)17-13/h1-7,18-19H,(H,16,17). The highest BCUT2D eigenvalue weighted by atomic mass is 19.1. The van der Waals surface area contributed by atoms with Crippen molar-refractivity contribution in [3.8, 4) is 11.4 Å². The Morgan fingerprint density at radius 1 is 1.05 bits per heavy atom. The molecular weight excluding hydrogens is 246 g/mol. The molecule has 4 nitrogen and oxygen atoms in total. The minimum absolute atomic E-state index is 0.0775. The molecule has 0 bridgehead atoms. The van der Waals surface area contributed by atoms with Gasteiger partial charge in [-0.05, 0) is 23.7 Å². The second-order valence-electron chi connectivity index (χ2n) is 4.18. The number of aromatic nitrogens is 2. The Morgan fingerprint density at radius 3 is 2.58 bits per heavy atom. The molecule has 0 fully saturated rings. The first-order valence-corrected chi connectivity index (χ1v) is 5.76. The fraction of sp³-hybridized carbons (Fsp3) is 0. The van der Waals surface area contributed by atoms with E-state index in [1.807, 2.05) is 18.2 Å². The van der Waals surface area contributed by atoms with Gasteiger partial charge in [-0.15, -0.1) is 0 Å². The van der Waals surface area contributed by atoms with Crippen LogP contribution in [-0.2, 0) is 0 Å². The molecule has 0 saturated heterocycles. The molecule has 94 valence electrons. The Bertz CT molecular complexity index is 709. The average molecular weight is 256 g/mol. The van der Waals surface area contributed by atoms with Crippen molar-refractivity contribution in [3.63, 3.8) is 0 Å². The van der Waals surface area contributed by atoms with Gasteiger partial charge in [-0.1, -0.05) is 24.3 Å². The number of rotatable bonds is 2. The molecule has 0 atom stereocenters. The molecule has 1 heterocycles. The Kier molecular flexibility index (Phi) is 2.81. The second kappa shape index (κ2) is 4.49. The highest BCUT2D eigenvalue weighted by Crippen LogP contribution is 2.21. The predicted octanol–water partition coefficient (Wildman–Crippen LogP) is 1.05. The van der Waals surface area contributed by atoms with Gasteiger partial charge in [0.25, 0.3) is 0 Å². The molecule has 0 spiro atoms. The van der Waals surface area contributed by atoms with Gasteiger partial charge in [0.05, 0.1) is 16.6 Å². The summed E-state index contributed by atoms with van der Waals surface area (Å²) >= 11 is 0. The zero-order valence-corrected chi connectivity index (χ0v) is 9.84. The van der Waals surface area contributed by atoms with E-state index in [9.17, 15) is 14.4 Å². The van der Waals surface area contributed by atoms with Gasteiger partial charge in [0.15, 0.2) is 0 Å². The van der Waals surface area contributed by atoms with E-state index in [-0.39, 0.29) is 16.9 Å². The molecule has 0 amide bonds. The van der Waals surface area contributed by atoms with Crippen LogP contribution in [0.2, 0.25) is 0 Å². The molecule has 3 aromatic rings. The maximum Gasteiger partial charge on any atom is 0.489 e. The third kappa shape index (κ3) is 2.01. The number of fused-ring (bicyclic) bond motifs is 1. The molecular formula is C13H10BFN2O2. The summed E-state index contributed by atoms with van der Waals surface area (Å²) in [7, 11) is -1.75. The third-order valence-corrected chi connectivity index (χ3v) is 2.95. The lowest BCUT2D eigenvalue weighted by Crippen LogP contribution is -2.32. The van der Waals surface area contributed by atoms with E-state index in [2.05, 4.69) is 9.97 Å². The van der Waals surface area contributed by atoms with Crippen LogP contribution in [0.3, 0.4) is 0 Å². The van der Waals surface area contributed by atoms with Crippen LogP contribution in [0.4, 0.5) is 4.39 Å². The van der Waals surface area contributed by atoms with Crippen molar-refractivity contribution in [3.05, 3.63) is 48.3 Å². The summed E-state index contributed by atoms with van der Waals surface area (Å²) in [4.78, 5) is 7.24. The molecule has 2 aromatic carbocycles. The topological polar surface area (TPSA) is 69.1 Å².